The lowest BCUT2D eigenvalue weighted by atomic mass is 10.4. The summed E-state index contributed by atoms with van der Waals surface area (Å²) in [5.41, 5.74) is 5.11. The lowest BCUT2D eigenvalue weighted by molar-refractivity contribution is -0.408. The number of aliphatic hydroxyl groups excluding tert-OH is 1. The number of aliphatic carboxylic acids is 1. The van der Waals surface area contributed by atoms with E-state index in [1.54, 1.807) is 0 Å². The normalized spacial score (nSPS) is 13.9. The number of nitrogens with zero attached hydrogens (tertiary/aromatic N) is 1. The van der Waals surface area contributed by atoms with E-state index in [1.807, 2.05) is 0 Å². The fourth-order valence-electron chi connectivity index (χ4n) is 0.824. The number of hydroxylamine groups is 2. The number of rotatable bonds is 7. The Morgan fingerprint density at radius 3 is 2.28 bits per heavy atom. The predicted molar refractivity (Wildman–Crippen MR) is 54.0 cm³/mol. The molecule has 10 heteroatoms. The number of hydrogen-bond acceptors (Lipinski definition) is 9. The van der Waals surface area contributed by atoms with Crippen molar-refractivity contribution in [2.24, 2.45) is 5.73 Å². The first kappa shape index (κ1) is 16.4. The van der Waals surface area contributed by atoms with Crippen molar-refractivity contribution in [1.29, 1.82) is 0 Å². The number of nitrogens with two attached hydrogens (primary N) is 1. The lowest BCUT2D eigenvalue weighted by Gasteiger charge is -2.30. The predicted octanol–water partition coefficient (Wildman–Crippen LogP) is -3.70. The second-order valence-electron chi connectivity index (χ2n) is 3.07. The molecule has 104 valence electrons. The van der Waals surface area contributed by atoms with Crippen LogP contribution in [0.2, 0.25) is 0 Å². The van der Waals surface area contributed by atoms with Crippen LogP contribution in [0.1, 0.15) is 0 Å². The molecule has 0 saturated heterocycles. The van der Waals surface area contributed by atoms with Gasteiger partial charge in [-0.05, 0) is 0 Å². The summed E-state index contributed by atoms with van der Waals surface area (Å²) in [6, 6.07) is 0. The summed E-state index contributed by atoms with van der Waals surface area (Å²) in [6.45, 7) is -0.486. The summed E-state index contributed by atoms with van der Waals surface area (Å²) in [4.78, 5) is 25.5. The number of hydrogen-bond donors (Lipinski definition) is 6. The van der Waals surface area contributed by atoms with E-state index >= 15 is 0 Å². The molecule has 0 aliphatic heterocycles. The summed E-state index contributed by atoms with van der Waals surface area (Å²) in [6.07, 6.45) is -1.38. The van der Waals surface area contributed by atoms with Gasteiger partial charge in [-0.25, -0.2) is 9.59 Å². The highest BCUT2D eigenvalue weighted by Crippen LogP contribution is 2.08. The number of carboxylic acids is 1. The summed E-state index contributed by atoms with van der Waals surface area (Å²) < 4.78 is 0. The Morgan fingerprint density at radius 1 is 1.33 bits per heavy atom. The van der Waals surface area contributed by atoms with E-state index in [4.69, 9.17) is 26.2 Å². The Bertz CT molecular complexity index is 324. The average Bonchev–Trinajstić information content (AvgIpc) is 2.23. The number of carbonyl (C=O) groups is 2. The third-order valence-electron chi connectivity index (χ3n) is 1.54. The maximum atomic E-state index is 11.1. The van der Waals surface area contributed by atoms with Gasteiger partial charge in [0.1, 0.15) is 0 Å². The van der Waals surface area contributed by atoms with E-state index in [1.165, 1.54) is 0 Å². The molecule has 18 heavy (non-hydrogen) atoms. The van der Waals surface area contributed by atoms with Gasteiger partial charge in [0.15, 0.2) is 0 Å². The molecule has 10 nitrogen and oxygen atoms in total. The highest BCUT2D eigenvalue weighted by Gasteiger charge is 2.37. The van der Waals surface area contributed by atoms with E-state index in [2.05, 4.69) is 4.84 Å². The second kappa shape index (κ2) is 7.00. The van der Waals surface area contributed by atoms with Crippen LogP contribution in [0.3, 0.4) is 0 Å². The van der Waals surface area contributed by atoms with Crippen molar-refractivity contribution in [3.05, 3.63) is 12.2 Å². The van der Waals surface area contributed by atoms with Crippen LogP contribution < -0.4 is 5.73 Å². The summed E-state index contributed by atoms with van der Waals surface area (Å²) in [5, 5.41) is 43.8. The van der Waals surface area contributed by atoms with Gasteiger partial charge in [-0.1, -0.05) is 0 Å². The minimum atomic E-state index is -3.54. The smallest absolute Gasteiger partial charge is 0.350 e. The zero-order valence-corrected chi connectivity index (χ0v) is 9.13. The van der Waals surface area contributed by atoms with Gasteiger partial charge in [0, 0.05) is 18.7 Å². The van der Waals surface area contributed by atoms with Crippen LogP contribution in [-0.2, 0) is 14.4 Å². The molecule has 7 N–H and O–H groups in total. The van der Waals surface area contributed by atoms with Crippen molar-refractivity contribution < 1.29 is 40.0 Å². The second-order valence-corrected chi connectivity index (χ2v) is 3.07. The molecule has 1 atom stereocenters. The first-order chi connectivity index (χ1) is 8.18. The molecule has 0 amide bonds. The van der Waals surface area contributed by atoms with Crippen molar-refractivity contribution in [3.63, 3.8) is 0 Å². The third-order valence-corrected chi connectivity index (χ3v) is 1.54. The Labute approximate surface area is 101 Å². The zero-order chi connectivity index (χ0) is 14.3. The van der Waals surface area contributed by atoms with Crippen LogP contribution >= 0.6 is 0 Å². The molecule has 0 aromatic carbocycles. The number of aliphatic hydroxyl groups is 4. The highest BCUT2D eigenvalue weighted by molar-refractivity contribution is 5.90. The molecular weight excluding hydrogens is 252 g/mol. The Morgan fingerprint density at radius 2 is 1.89 bits per heavy atom. The van der Waals surface area contributed by atoms with Gasteiger partial charge >= 0.3 is 17.9 Å². The molecular formula is C8H14N2O8. The van der Waals surface area contributed by atoms with Crippen LogP contribution in [0.15, 0.2) is 12.2 Å². The Kier molecular flexibility index (Phi) is 6.40. The maximum absolute atomic E-state index is 11.1. The van der Waals surface area contributed by atoms with Gasteiger partial charge in [-0.15, -0.1) is 5.06 Å². The Hall–Kier alpha value is -1.56. The minimum absolute atomic E-state index is 0.150. The molecule has 0 aliphatic carbocycles. The average molecular weight is 266 g/mol. The van der Waals surface area contributed by atoms with E-state index in [0.29, 0.717) is 12.2 Å². The summed E-state index contributed by atoms with van der Waals surface area (Å²) >= 11 is 0. The van der Waals surface area contributed by atoms with Gasteiger partial charge in [-0.3, -0.25) is 0 Å². The van der Waals surface area contributed by atoms with Crippen molar-refractivity contribution >= 4 is 11.9 Å². The standard InChI is InChI=1S/C8H14N2O8/c9-3-4-10(7(14)8(15,16)17)18-6(13)2-1-5(11)12/h1-2,7,14-17H,3-4,9H2,(H,11,12)/b2-1-. The summed E-state index contributed by atoms with van der Waals surface area (Å²) in [7, 11) is 0. The first-order valence-electron chi connectivity index (χ1n) is 4.63. The van der Waals surface area contributed by atoms with Crippen LogP contribution in [0.4, 0.5) is 0 Å². The highest BCUT2D eigenvalue weighted by atomic mass is 16.8. The zero-order valence-electron chi connectivity index (χ0n) is 9.13. The maximum Gasteiger partial charge on any atom is 0.350 e. The fourth-order valence-corrected chi connectivity index (χ4v) is 0.824. The van der Waals surface area contributed by atoms with Gasteiger partial charge in [-0.2, -0.15) is 0 Å². The van der Waals surface area contributed by atoms with Gasteiger partial charge < -0.3 is 36.1 Å². The quantitative estimate of drug-likeness (QED) is 0.153. The van der Waals surface area contributed by atoms with Crippen LogP contribution in [0.5, 0.6) is 0 Å². The molecule has 0 heterocycles. The molecule has 0 aromatic heterocycles. The molecule has 0 aliphatic rings. The largest absolute Gasteiger partial charge is 0.478 e. The van der Waals surface area contributed by atoms with Crippen LogP contribution in [-0.4, -0.2) is 67.8 Å². The molecule has 0 radical (unpaired) electrons. The van der Waals surface area contributed by atoms with E-state index < -0.39 is 24.1 Å². The van der Waals surface area contributed by atoms with Crippen molar-refractivity contribution in [2.75, 3.05) is 13.1 Å². The van der Waals surface area contributed by atoms with Gasteiger partial charge in [0.25, 0.3) is 0 Å². The van der Waals surface area contributed by atoms with Gasteiger partial charge in [0.2, 0.25) is 6.23 Å². The van der Waals surface area contributed by atoms with Gasteiger partial charge in [0.05, 0.1) is 6.54 Å². The Balaban J connectivity index is 4.63. The van der Waals surface area contributed by atoms with E-state index in [-0.39, 0.29) is 18.2 Å². The van der Waals surface area contributed by atoms with E-state index in [0.717, 1.165) is 0 Å². The molecule has 0 spiro atoms. The SMILES string of the molecule is NCCN(OC(=O)/C=C\C(=O)O)C(O)C(O)(O)O. The molecule has 0 aromatic rings. The molecule has 0 rings (SSSR count). The molecule has 0 saturated carbocycles. The van der Waals surface area contributed by atoms with Crippen molar-refractivity contribution in [1.82, 2.24) is 5.06 Å². The molecule has 0 bridgehead atoms. The van der Waals surface area contributed by atoms with Crippen molar-refractivity contribution in [2.45, 2.75) is 12.2 Å². The topological polar surface area (TPSA) is 174 Å². The monoisotopic (exact) mass is 266 g/mol. The lowest BCUT2D eigenvalue weighted by Crippen LogP contribution is -2.54. The summed E-state index contributed by atoms with van der Waals surface area (Å²) in [5.74, 6) is -6.15. The fraction of sp³-hybridized carbons (Fsp3) is 0.500. The van der Waals surface area contributed by atoms with Crippen molar-refractivity contribution in [3.8, 4) is 0 Å². The minimum Gasteiger partial charge on any atom is -0.478 e. The van der Waals surface area contributed by atoms with Crippen LogP contribution in [0.25, 0.3) is 0 Å². The van der Waals surface area contributed by atoms with E-state index in [9.17, 15) is 14.7 Å². The van der Waals surface area contributed by atoms with Crippen LogP contribution in [0, 0.1) is 0 Å². The molecule has 1 unspecified atom stereocenters. The molecule has 0 fully saturated rings. The number of carbonyl (C=O) groups excluding carboxylic acids is 1. The number of carboxylic acid groups (broad SMARTS) is 1. The first-order valence-corrected chi connectivity index (χ1v) is 4.63. The third kappa shape index (κ3) is 6.24.